The van der Waals surface area contributed by atoms with Crippen molar-refractivity contribution in [3.8, 4) is 12.1 Å². The van der Waals surface area contributed by atoms with Gasteiger partial charge in [0.25, 0.3) is 0 Å². The van der Waals surface area contributed by atoms with Gasteiger partial charge in [-0.3, -0.25) is 10.8 Å². The molecule has 0 aliphatic heterocycles. The number of hydrogen-bond acceptors (Lipinski definition) is 5. The van der Waals surface area contributed by atoms with Crippen LogP contribution in [0.25, 0.3) is 0 Å². The number of nitrogens with two attached hydrogens (primary N) is 1. The Kier molecular flexibility index (Phi) is 5.31. The maximum atomic E-state index is 9.08. The van der Waals surface area contributed by atoms with Crippen LogP contribution in [0.1, 0.15) is 5.56 Å². The summed E-state index contributed by atoms with van der Waals surface area (Å²) in [7, 11) is 0. The van der Waals surface area contributed by atoms with Crippen molar-refractivity contribution in [2.24, 2.45) is 10.8 Å². The first-order valence-corrected chi connectivity index (χ1v) is 6.54. The highest BCUT2D eigenvalue weighted by molar-refractivity contribution is 9.11. The zero-order chi connectivity index (χ0) is 14.6. The molecule has 9 heteroatoms. The second kappa shape index (κ2) is 6.53. The molecule has 0 aliphatic rings. The van der Waals surface area contributed by atoms with Gasteiger partial charge in [-0.05, 0) is 37.9 Å². The van der Waals surface area contributed by atoms with E-state index in [0.717, 1.165) is 0 Å². The van der Waals surface area contributed by atoms with E-state index in [9.17, 15) is 0 Å². The summed E-state index contributed by atoms with van der Waals surface area (Å²) in [6, 6.07) is 5.20. The van der Waals surface area contributed by atoms with Gasteiger partial charge in [-0.1, -0.05) is 11.6 Å². The van der Waals surface area contributed by atoms with E-state index in [1.54, 1.807) is 12.1 Å². The molecular formula is C10H5Br2ClN6. The molecule has 1 aromatic carbocycles. The highest BCUT2D eigenvalue weighted by Gasteiger charge is 2.14. The second-order valence-corrected chi connectivity index (χ2v) is 5.20. The van der Waals surface area contributed by atoms with Crippen LogP contribution in [0.5, 0.6) is 0 Å². The molecule has 0 aromatic heterocycles. The molecule has 0 aliphatic carbocycles. The van der Waals surface area contributed by atoms with Crippen molar-refractivity contribution in [3.63, 3.8) is 0 Å². The molecule has 1 rings (SSSR count). The molecule has 0 radical (unpaired) electrons. The summed E-state index contributed by atoms with van der Waals surface area (Å²) in [6.45, 7) is 0. The number of benzene rings is 1. The summed E-state index contributed by atoms with van der Waals surface area (Å²) in [5, 5.41) is 28.8. The van der Waals surface area contributed by atoms with Crippen LogP contribution in [0.2, 0.25) is 5.02 Å². The van der Waals surface area contributed by atoms with Crippen molar-refractivity contribution in [3.05, 3.63) is 25.6 Å². The number of nitrogens with one attached hydrogen (secondary N) is 2. The summed E-state index contributed by atoms with van der Waals surface area (Å²) in [4.78, 5) is 0. The summed E-state index contributed by atoms with van der Waals surface area (Å²) >= 11 is 12.4. The normalized spacial score (nSPS) is 10.5. The average molecular weight is 404 g/mol. The lowest BCUT2D eigenvalue weighted by molar-refractivity contribution is 1.30. The van der Waals surface area contributed by atoms with E-state index in [0.29, 0.717) is 8.95 Å². The highest BCUT2D eigenvalue weighted by atomic mass is 79.9. The first-order chi connectivity index (χ1) is 8.92. The Morgan fingerprint density at radius 3 is 2.53 bits per heavy atom. The molecule has 96 valence electrons. The Morgan fingerprint density at radius 2 is 2.05 bits per heavy atom. The first-order valence-electron chi connectivity index (χ1n) is 4.58. The van der Waals surface area contributed by atoms with Gasteiger partial charge in [-0.2, -0.15) is 15.6 Å². The Bertz CT molecular complexity index is 655. The van der Waals surface area contributed by atoms with Crippen molar-refractivity contribution in [2.75, 3.05) is 5.43 Å². The van der Waals surface area contributed by atoms with Gasteiger partial charge >= 0.3 is 0 Å². The predicted octanol–water partition coefficient (Wildman–Crippen LogP) is 2.96. The smallest absolute Gasteiger partial charge is 0.201 e. The van der Waals surface area contributed by atoms with Crippen LogP contribution in [-0.2, 0) is 0 Å². The molecule has 6 nitrogen and oxygen atoms in total. The average Bonchev–Trinajstić information content (AvgIpc) is 2.35. The topological polar surface area (TPSA) is 122 Å². The quantitative estimate of drug-likeness (QED) is 0.310. The minimum atomic E-state index is -0.479. The lowest BCUT2D eigenvalue weighted by Crippen LogP contribution is -2.22. The second-order valence-electron chi connectivity index (χ2n) is 3.11. The van der Waals surface area contributed by atoms with Gasteiger partial charge < -0.3 is 5.73 Å². The minimum Gasteiger partial charge on any atom is -0.382 e. The molecule has 0 heterocycles. The minimum absolute atomic E-state index is 0.146. The van der Waals surface area contributed by atoms with E-state index >= 15 is 0 Å². The Labute approximate surface area is 130 Å². The molecule has 4 N–H and O–H groups in total. The lowest BCUT2D eigenvalue weighted by atomic mass is 10.2. The number of anilines is 1. The molecular weight excluding hydrogens is 399 g/mol. The third-order valence-electron chi connectivity index (χ3n) is 1.92. The maximum absolute atomic E-state index is 9.08. The number of nitrogens with zero attached hydrogens (tertiary/aromatic N) is 3. The van der Waals surface area contributed by atoms with Gasteiger partial charge in [0.15, 0.2) is 5.84 Å². The monoisotopic (exact) mass is 402 g/mol. The van der Waals surface area contributed by atoms with E-state index in [-0.39, 0.29) is 22.0 Å². The number of halogens is 3. The molecule has 0 fully saturated rings. The van der Waals surface area contributed by atoms with Gasteiger partial charge in [0, 0.05) is 8.95 Å². The van der Waals surface area contributed by atoms with Crippen molar-refractivity contribution >= 4 is 60.7 Å². The Hall–Kier alpha value is -1.61. The van der Waals surface area contributed by atoms with Gasteiger partial charge in [0.2, 0.25) is 5.71 Å². The van der Waals surface area contributed by atoms with Crippen LogP contribution in [0.3, 0.4) is 0 Å². The van der Waals surface area contributed by atoms with E-state index in [2.05, 4.69) is 42.4 Å². The number of rotatable bonds is 3. The highest BCUT2D eigenvalue weighted by Crippen LogP contribution is 2.37. The third-order valence-corrected chi connectivity index (χ3v) is 3.80. The standard InChI is InChI=1S/C10H5Br2ClN6/c11-5-1-6(12)9(4(2-14)8(5)13)19-18-7(3-15)10(16)17/h1,19H,(H3,16,17)/b18-7+. The number of nitriles is 2. The molecule has 0 saturated heterocycles. The largest absolute Gasteiger partial charge is 0.382 e. The first kappa shape index (κ1) is 15.4. The lowest BCUT2D eigenvalue weighted by Gasteiger charge is -2.09. The summed E-state index contributed by atoms with van der Waals surface area (Å²) in [5.41, 5.74) is 7.79. The van der Waals surface area contributed by atoms with E-state index in [4.69, 9.17) is 33.3 Å². The van der Waals surface area contributed by atoms with Crippen LogP contribution >= 0.6 is 43.5 Å². The van der Waals surface area contributed by atoms with Crippen molar-refractivity contribution in [1.29, 1.82) is 15.9 Å². The fourth-order valence-corrected chi connectivity index (χ4v) is 2.51. The molecule has 0 unspecified atom stereocenters. The number of hydrazone groups is 1. The number of hydrogen-bond donors (Lipinski definition) is 3. The van der Waals surface area contributed by atoms with E-state index in [1.807, 2.05) is 6.07 Å². The zero-order valence-electron chi connectivity index (χ0n) is 9.13. The van der Waals surface area contributed by atoms with Crippen molar-refractivity contribution < 1.29 is 0 Å². The van der Waals surface area contributed by atoms with Gasteiger partial charge in [0.1, 0.15) is 12.1 Å². The number of amidine groups is 1. The SMILES string of the molecule is N#C/C(=N\Nc1c(Br)cc(Br)c(Cl)c1C#N)C(=N)N. The summed E-state index contributed by atoms with van der Waals surface area (Å²) in [5.74, 6) is -0.479. The maximum Gasteiger partial charge on any atom is 0.201 e. The molecule has 19 heavy (non-hydrogen) atoms. The Balaban J connectivity index is 3.31. The fraction of sp³-hybridized carbons (Fsp3) is 0. The van der Waals surface area contributed by atoms with Gasteiger partial charge in [-0.25, -0.2) is 0 Å². The summed E-state index contributed by atoms with van der Waals surface area (Å²) < 4.78 is 1.06. The van der Waals surface area contributed by atoms with Crippen LogP contribution in [-0.4, -0.2) is 11.5 Å². The Morgan fingerprint density at radius 1 is 1.42 bits per heavy atom. The molecule has 0 bridgehead atoms. The van der Waals surface area contributed by atoms with Crippen LogP contribution < -0.4 is 11.2 Å². The van der Waals surface area contributed by atoms with E-state index < -0.39 is 5.84 Å². The van der Waals surface area contributed by atoms with Crippen LogP contribution in [0, 0.1) is 28.1 Å². The van der Waals surface area contributed by atoms with Crippen LogP contribution in [0.4, 0.5) is 5.69 Å². The van der Waals surface area contributed by atoms with Crippen molar-refractivity contribution in [1.82, 2.24) is 0 Å². The zero-order valence-corrected chi connectivity index (χ0v) is 13.1. The molecule has 0 saturated carbocycles. The third kappa shape index (κ3) is 3.44. The van der Waals surface area contributed by atoms with E-state index in [1.165, 1.54) is 0 Å². The molecule has 0 amide bonds. The van der Waals surface area contributed by atoms with Crippen LogP contribution in [0.15, 0.2) is 20.1 Å². The van der Waals surface area contributed by atoms with Gasteiger partial charge in [0.05, 0.1) is 16.3 Å². The molecule has 0 atom stereocenters. The fourth-order valence-electron chi connectivity index (χ4n) is 1.07. The van der Waals surface area contributed by atoms with Gasteiger partial charge in [-0.15, -0.1) is 0 Å². The van der Waals surface area contributed by atoms with Crippen molar-refractivity contribution in [2.45, 2.75) is 0 Å². The summed E-state index contributed by atoms with van der Waals surface area (Å²) in [6.07, 6.45) is 0. The molecule has 1 aromatic rings. The predicted molar refractivity (Wildman–Crippen MR) is 80.2 cm³/mol. The molecule has 0 spiro atoms.